The Morgan fingerprint density at radius 2 is 2.07 bits per heavy atom. The molecule has 28 heavy (non-hydrogen) atoms. The molecule has 0 spiro atoms. The smallest absolute Gasteiger partial charge is 0.150 e. The van der Waals surface area contributed by atoms with Crippen LogP contribution in [0.15, 0.2) is 48.9 Å². The van der Waals surface area contributed by atoms with E-state index in [1.807, 2.05) is 24.3 Å². The van der Waals surface area contributed by atoms with Gasteiger partial charge in [0.2, 0.25) is 0 Å². The molecule has 0 radical (unpaired) electrons. The van der Waals surface area contributed by atoms with Crippen LogP contribution in [-0.4, -0.2) is 31.4 Å². The van der Waals surface area contributed by atoms with Crippen molar-refractivity contribution in [3.8, 4) is 11.1 Å². The molecule has 3 N–H and O–H groups in total. The fourth-order valence-electron chi connectivity index (χ4n) is 3.80. The average Bonchev–Trinajstić information content (AvgIpc) is 3.29. The van der Waals surface area contributed by atoms with E-state index in [4.69, 9.17) is 22.3 Å². The summed E-state index contributed by atoms with van der Waals surface area (Å²) < 4.78 is 0. The van der Waals surface area contributed by atoms with E-state index >= 15 is 0 Å². The Kier molecular flexibility index (Phi) is 3.94. The van der Waals surface area contributed by atoms with Gasteiger partial charge in [0.15, 0.2) is 0 Å². The van der Waals surface area contributed by atoms with Crippen molar-refractivity contribution >= 4 is 39.4 Å². The molecule has 7 heteroatoms. The lowest BCUT2D eigenvalue weighted by Crippen LogP contribution is -2.17. The number of fused-ring (bicyclic) bond motifs is 3. The Labute approximate surface area is 167 Å². The van der Waals surface area contributed by atoms with E-state index in [0.717, 1.165) is 64.0 Å². The van der Waals surface area contributed by atoms with Gasteiger partial charge in [-0.2, -0.15) is 0 Å². The number of allylic oxidation sites excluding steroid dienone is 1. The maximum absolute atomic E-state index is 6.24. The minimum atomic E-state index is 0.447. The van der Waals surface area contributed by atoms with Crippen LogP contribution < -0.4 is 5.73 Å². The molecule has 3 aromatic heterocycles. The largest absolute Gasteiger partial charge is 0.382 e. The van der Waals surface area contributed by atoms with Gasteiger partial charge < -0.3 is 15.6 Å². The summed E-state index contributed by atoms with van der Waals surface area (Å²) in [4.78, 5) is 19.2. The molecule has 0 unspecified atom stereocenters. The number of likely N-dealkylation sites (tertiary alicyclic amines) is 1. The number of rotatable bonds is 3. The monoisotopic (exact) mass is 390 g/mol. The highest BCUT2D eigenvalue weighted by Crippen LogP contribution is 2.31. The number of H-pyrrole nitrogens is 1. The van der Waals surface area contributed by atoms with Crippen LogP contribution in [0, 0.1) is 0 Å². The first-order valence-corrected chi connectivity index (χ1v) is 9.58. The molecule has 1 aliphatic rings. The van der Waals surface area contributed by atoms with E-state index in [0.29, 0.717) is 17.4 Å². The highest BCUT2D eigenvalue weighted by molar-refractivity contribution is 6.30. The van der Waals surface area contributed by atoms with Crippen LogP contribution in [0.2, 0.25) is 5.02 Å². The predicted molar refractivity (Wildman–Crippen MR) is 113 cm³/mol. The molecule has 4 heterocycles. The molecule has 0 saturated carbocycles. The number of imidazole rings is 1. The fourth-order valence-corrected chi connectivity index (χ4v) is 3.97. The molecule has 0 amide bonds. The Bertz CT molecular complexity index is 1230. The minimum Gasteiger partial charge on any atom is -0.382 e. The Morgan fingerprint density at radius 3 is 2.86 bits per heavy atom. The highest BCUT2D eigenvalue weighted by Gasteiger charge is 2.18. The number of hydrogen-bond acceptors (Lipinski definition) is 5. The third kappa shape index (κ3) is 2.86. The van der Waals surface area contributed by atoms with E-state index in [1.165, 1.54) is 0 Å². The number of benzene rings is 1. The van der Waals surface area contributed by atoms with Crippen molar-refractivity contribution < 1.29 is 0 Å². The number of halogens is 1. The van der Waals surface area contributed by atoms with Crippen LogP contribution in [0.4, 0.5) is 5.82 Å². The molecule has 140 valence electrons. The van der Waals surface area contributed by atoms with Crippen molar-refractivity contribution in [2.24, 2.45) is 0 Å². The van der Waals surface area contributed by atoms with Gasteiger partial charge >= 0.3 is 0 Å². The molecule has 0 aliphatic carbocycles. The summed E-state index contributed by atoms with van der Waals surface area (Å²) in [6.45, 7) is 5.85. The lowest BCUT2D eigenvalue weighted by molar-refractivity contribution is 0.378. The summed E-state index contributed by atoms with van der Waals surface area (Å²) in [6.07, 6.45) is 5.59. The van der Waals surface area contributed by atoms with Crippen molar-refractivity contribution in [2.75, 3.05) is 12.3 Å². The van der Waals surface area contributed by atoms with E-state index in [1.54, 1.807) is 12.4 Å². The zero-order chi connectivity index (χ0) is 19.3. The first-order chi connectivity index (χ1) is 13.6. The zero-order valence-corrected chi connectivity index (χ0v) is 16.0. The van der Waals surface area contributed by atoms with E-state index in [9.17, 15) is 0 Å². The van der Waals surface area contributed by atoms with Crippen molar-refractivity contribution in [2.45, 2.75) is 19.4 Å². The quantitative estimate of drug-likeness (QED) is 0.537. The van der Waals surface area contributed by atoms with Gasteiger partial charge in [-0.05, 0) is 36.6 Å². The summed E-state index contributed by atoms with van der Waals surface area (Å²) in [5, 5.41) is 1.56. The average molecular weight is 391 g/mol. The first kappa shape index (κ1) is 17.0. The SMILES string of the molecule is C=C1CCCN1Cc1nc2c([nH]1)c(N)nc1cc(-c3cncc(Cl)c3)ccc12. The lowest BCUT2D eigenvalue weighted by atomic mass is 10.0. The zero-order valence-electron chi connectivity index (χ0n) is 15.2. The third-order valence-electron chi connectivity index (χ3n) is 5.22. The highest BCUT2D eigenvalue weighted by atomic mass is 35.5. The maximum Gasteiger partial charge on any atom is 0.150 e. The summed E-state index contributed by atoms with van der Waals surface area (Å²) >= 11 is 6.08. The van der Waals surface area contributed by atoms with Crippen LogP contribution in [0.1, 0.15) is 18.7 Å². The molecule has 4 aromatic rings. The first-order valence-electron chi connectivity index (χ1n) is 9.20. The summed E-state index contributed by atoms with van der Waals surface area (Å²) in [7, 11) is 0. The molecule has 0 atom stereocenters. The standard InChI is InChI=1S/C21H19ClN6/c1-12-3-2-6-28(12)11-18-26-19-16-5-4-13(14-7-15(22)10-24-9-14)8-17(16)25-21(23)20(19)27-18/h4-5,7-10H,1-3,6,11H2,(H2,23,25)(H,26,27). The molecule has 5 rings (SSSR count). The third-order valence-corrected chi connectivity index (χ3v) is 5.43. The summed E-state index contributed by atoms with van der Waals surface area (Å²) in [5.74, 6) is 1.32. The molecule has 1 saturated heterocycles. The van der Waals surface area contributed by atoms with Gasteiger partial charge in [0.05, 0.1) is 17.1 Å². The number of pyridine rings is 2. The molecule has 1 fully saturated rings. The lowest BCUT2D eigenvalue weighted by Gasteiger charge is -2.16. The number of aromatic amines is 1. The van der Waals surface area contributed by atoms with Gasteiger partial charge in [0.1, 0.15) is 22.7 Å². The van der Waals surface area contributed by atoms with Crippen molar-refractivity contribution in [1.29, 1.82) is 0 Å². The molecule has 6 nitrogen and oxygen atoms in total. The number of anilines is 1. The van der Waals surface area contributed by atoms with E-state index in [-0.39, 0.29) is 0 Å². The number of nitrogens with zero attached hydrogens (tertiary/aromatic N) is 4. The van der Waals surface area contributed by atoms with Gasteiger partial charge in [0, 0.05) is 35.6 Å². The second-order valence-corrected chi connectivity index (χ2v) is 7.56. The second-order valence-electron chi connectivity index (χ2n) is 7.12. The molecular formula is C21H19ClN6. The van der Waals surface area contributed by atoms with Gasteiger partial charge in [-0.15, -0.1) is 0 Å². The number of nitrogens with one attached hydrogen (secondary N) is 1. The summed E-state index contributed by atoms with van der Waals surface area (Å²) in [6, 6.07) is 7.94. The fraction of sp³-hybridized carbons (Fsp3) is 0.190. The van der Waals surface area contributed by atoms with Crippen LogP contribution in [0.5, 0.6) is 0 Å². The van der Waals surface area contributed by atoms with Crippen LogP contribution in [-0.2, 0) is 6.54 Å². The number of nitrogens with two attached hydrogens (primary N) is 1. The van der Waals surface area contributed by atoms with Gasteiger partial charge in [-0.25, -0.2) is 9.97 Å². The van der Waals surface area contributed by atoms with Gasteiger partial charge in [-0.1, -0.05) is 24.2 Å². The van der Waals surface area contributed by atoms with Crippen molar-refractivity contribution in [1.82, 2.24) is 24.8 Å². The van der Waals surface area contributed by atoms with Gasteiger partial charge in [0.25, 0.3) is 0 Å². The number of aromatic nitrogens is 4. The maximum atomic E-state index is 6.24. The molecule has 1 aromatic carbocycles. The summed E-state index contributed by atoms with van der Waals surface area (Å²) in [5.41, 5.74) is 11.7. The number of hydrogen-bond donors (Lipinski definition) is 2. The Morgan fingerprint density at radius 1 is 1.18 bits per heavy atom. The molecule has 1 aliphatic heterocycles. The second kappa shape index (κ2) is 6.49. The van der Waals surface area contributed by atoms with Crippen molar-refractivity contribution in [3.05, 3.63) is 59.8 Å². The molecule has 0 bridgehead atoms. The Hall–Kier alpha value is -3.12. The minimum absolute atomic E-state index is 0.447. The normalized spacial score (nSPS) is 14.5. The van der Waals surface area contributed by atoms with Crippen LogP contribution in [0.25, 0.3) is 33.1 Å². The predicted octanol–water partition coefficient (Wildman–Crippen LogP) is 4.52. The van der Waals surface area contributed by atoms with Gasteiger partial charge in [-0.3, -0.25) is 4.98 Å². The number of nitrogen functional groups attached to an aromatic ring is 1. The van der Waals surface area contributed by atoms with E-state index < -0.39 is 0 Å². The van der Waals surface area contributed by atoms with Crippen LogP contribution >= 0.6 is 11.6 Å². The van der Waals surface area contributed by atoms with E-state index in [2.05, 4.69) is 26.4 Å². The Balaban J connectivity index is 1.60. The van der Waals surface area contributed by atoms with Crippen LogP contribution in [0.3, 0.4) is 0 Å². The topological polar surface area (TPSA) is 83.7 Å². The van der Waals surface area contributed by atoms with Crippen molar-refractivity contribution in [3.63, 3.8) is 0 Å². The molecular weight excluding hydrogens is 372 g/mol.